The third kappa shape index (κ3) is 5.98. The van der Waals surface area contributed by atoms with Gasteiger partial charge in [0.15, 0.2) is 4.32 Å². The van der Waals surface area contributed by atoms with Gasteiger partial charge in [-0.25, -0.2) is 9.98 Å². The van der Waals surface area contributed by atoms with Gasteiger partial charge in [-0.1, -0.05) is 153 Å². The molecule has 0 spiro atoms. The molecule has 4 aliphatic heterocycles. The van der Waals surface area contributed by atoms with E-state index in [1.807, 2.05) is 121 Å². The first-order chi connectivity index (χ1) is 26.8. The fourth-order valence-electron chi connectivity index (χ4n) is 7.53. The van der Waals surface area contributed by atoms with Crippen molar-refractivity contribution < 1.29 is 9.90 Å². The molecule has 3 N–H and O–H groups in total. The van der Waals surface area contributed by atoms with Gasteiger partial charge in [0, 0.05) is 26.8 Å². The molecule has 4 aromatic carbocycles. The van der Waals surface area contributed by atoms with Crippen molar-refractivity contribution in [2.45, 2.75) is 10.4 Å². The number of halogens is 4. The number of fused-ring (bicyclic) bond motifs is 6. The number of alkyl halides is 1. The van der Waals surface area contributed by atoms with Crippen molar-refractivity contribution in [3.63, 3.8) is 0 Å². The average molecular weight is 976 g/mol. The first-order valence-electron chi connectivity index (χ1n) is 17.4. The van der Waals surface area contributed by atoms with Crippen LogP contribution in [0.15, 0.2) is 186 Å². The average Bonchev–Trinajstić information content (AvgIpc) is 4.00. The van der Waals surface area contributed by atoms with E-state index in [2.05, 4.69) is 98.3 Å². The van der Waals surface area contributed by atoms with Gasteiger partial charge < -0.3 is 15.4 Å². The Morgan fingerprint density at radius 1 is 0.582 bits per heavy atom. The monoisotopic (exact) mass is 972 g/mol. The summed E-state index contributed by atoms with van der Waals surface area (Å²) in [6.45, 7) is 0. The van der Waals surface area contributed by atoms with Gasteiger partial charge >= 0.3 is 5.97 Å². The normalized spacial score (nSPS) is 24.9. The molecule has 10 heteroatoms. The van der Waals surface area contributed by atoms with Crippen molar-refractivity contribution in [3.05, 3.63) is 209 Å². The maximum absolute atomic E-state index is 13.7. The van der Waals surface area contributed by atoms with Crippen LogP contribution >= 0.6 is 63.7 Å². The molecule has 55 heavy (non-hydrogen) atoms. The Kier molecular flexibility index (Phi) is 9.33. The van der Waals surface area contributed by atoms with Crippen LogP contribution in [-0.4, -0.2) is 37.8 Å². The van der Waals surface area contributed by atoms with Crippen LogP contribution in [0, 0.1) is 0 Å². The minimum absolute atomic E-state index is 0.439. The number of carboxylic acids is 1. The molecule has 0 radical (unpaired) electrons. The number of hydrogen-bond acceptors (Lipinski definition) is 4. The zero-order chi connectivity index (χ0) is 37.8. The van der Waals surface area contributed by atoms with E-state index in [4.69, 9.17) is 9.98 Å². The summed E-state index contributed by atoms with van der Waals surface area (Å²) in [7, 11) is 0. The topological polar surface area (TPSA) is 89.8 Å². The van der Waals surface area contributed by atoms with E-state index < -0.39 is 16.3 Å². The predicted molar refractivity (Wildman–Crippen MR) is 235 cm³/mol. The van der Waals surface area contributed by atoms with Crippen molar-refractivity contribution in [1.82, 2.24) is 10.3 Å². The van der Waals surface area contributed by atoms with Gasteiger partial charge in [-0.2, -0.15) is 0 Å². The second kappa shape index (κ2) is 14.3. The number of H-pyrrole nitrogens is 1. The van der Waals surface area contributed by atoms with Crippen molar-refractivity contribution in [2.75, 3.05) is 0 Å². The lowest BCUT2D eigenvalue weighted by Gasteiger charge is -2.29. The summed E-state index contributed by atoms with van der Waals surface area (Å²) in [5.41, 5.74) is 10.2. The van der Waals surface area contributed by atoms with Crippen LogP contribution in [0.4, 0.5) is 0 Å². The zero-order valence-corrected chi connectivity index (χ0v) is 35.0. The second-order valence-electron chi connectivity index (χ2n) is 13.2. The van der Waals surface area contributed by atoms with Gasteiger partial charge in [0.1, 0.15) is 0 Å². The van der Waals surface area contributed by atoms with E-state index in [0.29, 0.717) is 27.1 Å². The number of allylic oxidation sites excluding steroid dienone is 5. The summed E-state index contributed by atoms with van der Waals surface area (Å²) >= 11 is 15.6. The van der Waals surface area contributed by atoms with Crippen LogP contribution in [0.2, 0.25) is 0 Å². The fraction of sp³-hybridized carbons (Fsp3) is 0.0444. The molecule has 2 unspecified atom stereocenters. The third-order valence-corrected chi connectivity index (χ3v) is 14.9. The molecule has 4 aliphatic rings. The van der Waals surface area contributed by atoms with E-state index in [1.165, 1.54) is 0 Å². The standard InChI is InChI=1S/C45H28Br4N4O2/c46-37-38(47)40-34(26-15-7-2-8-16-26)30-23-24-32(51-30)36(28-19-11-4-12-20-28)43-45(49,44(54)55)42(48)41(53-43)35(27-17-9-3-10-18-27)31-22-21-29(50-31)33(39(37)52-40)25-13-5-1-6-14-25/h1-24,43,52-53H,(H,54,55)/b35-31-,36-32-,39-33-,40-34-. The number of aliphatic imine (C=N–C) groups is 2. The van der Waals surface area contributed by atoms with Crippen LogP contribution in [0.25, 0.3) is 22.3 Å². The lowest BCUT2D eigenvalue weighted by molar-refractivity contribution is -0.138. The zero-order valence-electron chi connectivity index (χ0n) is 28.7. The first-order valence-corrected chi connectivity index (χ1v) is 20.6. The lowest BCUT2D eigenvalue weighted by atomic mass is 9.88. The van der Waals surface area contributed by atoms with Gasteiger partial charge in [0.05, 0.1) is 54.2 Å². The highest BCUT2D eigenvalue weighted by atomic mass is 79.9. The largest absolute Gasteiger partial charge is 0.480 e. The minimum atomic E-state index is -1.62. The molecule has 0 fully saturated rings. The molecule has 6 nitrogen and oxygen atoms in total. The maximum atomic E-state index is 13.7. The predicted octanol–water partition coefficient (Wildman–Crippen LogP) is 9.59. The summed E-state index contributed by atoms with van der Waals surface area (Å²) < 4.78 is 0.496. The number of carbonyl (C=O) groups is 1. The Bertz CT molecular complexity index is 2780. The number of carboxylic acid groups (broad SMARTS) is 1. The lowest BCUT2D eigenvalue weighted by Crippen LogP contribution is -2.47. The molecule has 0 saturated heterocycles. The number of benzene rings is 4. The van der Waals surface area contributed by atoms with Crippen molar-refractivity contribution in [2.24, 2.45) is 9.98 Å². The summed E-state index contributed by atoms with van der Waals surface area (Å²) in [5.74, 6) is -1.06. The first kappa shape index (κ1) is 35.8. The molecule has 9 rings (SSSR count). The number of nitrogens with one attached hydrogen (secondary N) is 2. The number of aliphatic carboxylic acids is 1. The van der Waals surface area contributed by atoms with E-state index in [9.17, 15) is 9.90 Å². The summed E-state index contributed by atoms with van der Waals surface area (Å²) in [4.78, 5) is 28.2. The van der Waals surface area contributed by atoms with Crippen molar-refractivity contribution in [1.29, 1.82) is 0 Å². The van der Waals surface area contributed by atoms with Crippen LogP contribution in [0.3, 0.4) is 0 Å². The summed E-state index contributed by atoms with van der Waals surface area (Å²) in [5, 5.41) is 16.5. The molecule has 8 bridgehead atoms. The highest BCUT2D eigenvalue weighted by molar-refractivity contribution is 9.14. The van der Waals surface area contributed by atoms with Crippen LogP contribution in [-0.2, 0) is 4.79 Å². The second-order valence-corrected chi connectivity index (χ2v) is 16.9. The molecule has 5 aromatic rings. The van der Waals surface area contributed by atoms with Crippen LogP contribution in [0.1, 0.15) is 22.3 Å². The summed E-state index contributed by atoms with van der Waals surface area (Å²) in [6.07, 6.45) is 8.00. The van der Waals surface area contributed by atoms with Gasteiger partial charge in [-0.05, 0) is 78.4 Å². The number of nitrogens with zero attached hydrogens (tertiary/aromatic N) is 2. The van der Waals surface area contributed by atoms with Crippen LogP contribution < -0.4 is 16.0 Å². The minimum Gasteiger partial charge on any atom is -0.480 e. The van der Waals surface area contributed by atoms with E-state index in [-0.39, 0.29) is 0 Å². The highest BCUT2D eigenvalue weighted by Gasteiger charge is 2.55. The number of hydrogen-bond donors (Lipinski definition) is 3. The fourth-order valence-corrected chi connectivity index (χ4v) is 9.78. The maximum Gasteiger partial charge on any atom is 0.328 e. The van der Waals surface area contributed by atoms with Crippen LogP contribution in [0.5, 0.6) is 0 Å². The van der Waals surface area contributed by atoms with Crippen molar-refractivity contribution in [3.8, 4) is 0 Å². The molecule has 0 saturated carbocycles. The van der Waals surface area contributed by atoms with Crippen molar-refractivity contribution >= 4 is 103 Å². The molecular weight excluding hydrogens is 948 g/mol. The smallest absolute Gasteiger partial charge is 0.328 e. The quantitative estimate of drug-likeness (QED) is 0.154. The summed E-state index contributed by atoms with van der Waals surface area (Å²) in [6, 6.07) is 39.3. The molecule has 5 heterocycles. The number of aromatic nitrogens is 1. The Hall–Kier alpha value is -4.87. The van der Waals surface area contributed by atoms with E-state index >= 15 is 0 Å². The molecule has 0 aliphatic carbocycles. The van der Waals surface area contributed by atoms with Gasteiger partial charge in [-0.3, -0.25) is 4.79 Å². The van der Waals surface area contributed by atoms with Gasteiger partial charge in [0.2, 0.25) is 0 Å². The Morgan fingerprint density at radius 3 is 1.47 bits per heavy atom. The Morgan fingerprint density at radius 2 is 1.00 bits per heavy atom. The third-order valence-electron chi connectivity index (χ3n) is 10.1. The molecule has 1 aromatic heterocycles. The molecular formula is C45H28Br4N4O2. The molecule has 2 atom stereocenters. The van der Waals surface area contributed by atoms with E-state index in [0.717, 1.165) is 70.0 Å². The molecule has 268 valence electrons. The van der Waals surface area contributed by atoms with E-state index in [1.54, 1.807) is 0 Å². The number of rotatable bonds is 5. The Labute approximate surface area is 350 Å². The van der Waals surface area contributed by atoms with Gasteiger partial charge in [-0.15, -0.1) is 0 Å². The highest BCUT2D eigenvalue weighted by Crippen LogP contribution is 2.51. The number of aromatic amines is 1. The molecule has 0 amide bonds. The SMILES string of the molecule is O=C(O)C1(Br)C(Br)=C2NC1/C(c1ccccc1)=C1/C=CC(=N1)/C(c1ccccc1)=c1\[nH]/c(c(Br)c1Br)=C(/c1ccccc1)C1=N/C(=C\2c2ccccc2)C=C1. The Balaban J connectivity index is 1.48. The van der Waals surface area contributed by atoms with Gasteiger partial charge in [0.25, 0.3) is 0 Å².